The Labute approximate surface area is 263 Å². The largest absolute Gasteiger partial charge is 0.455 e. The highest BCUT2D eigenvalue weighted by molar-refractivity contribution is 6.14. The molecule has 0 bridgehead atoms. The highest BCUT2D eigenvalue weighted by atomic mass is 16.3. The summed E-state index contributed by atoms with van der Waals surface area (Å²) >= 11 is 0. The van der Waals surface area contributed by atoms with E-state index < -0.39 is 36.3 Å². The van der Waals surface area contributed by atoms with Crippen molar-refractivity contribution < 1.29 is 18.1 Å². The molecule has 0 aliphatic heterocycles. The molecule has 0 radical (unpaired) electrons. The molecule has 0 saturated heterocycles. The van der Waals surface area contributed by atoms with E-state index in [2.05, 4.69) is 0 Å². The van der Waals surface area contributed by atoms with Crippen molar-refractivity contribution in [2.45, 2.75) is 0 Å². The maximum absolute atomic E-state index is 8.60. The molecule has 43 heavy (non-hydrogen) atoms. The topological polar surface area (TPSA) is 51.8 Å². The Bertz CT molecular complexity index is 2750. The summed E-state index contributed by atoms with van der Waals surface area (Å²) in [5.41, 5.74) is 3.42. The van der Waals surface area contributed by atoms with Gasteiger partial charge in [-0.05, 0) is 28.8 Å². The summed E-state index contributed by atoms with van der Waals surface area (Å²) in [6, 6.07) is 22.7. The molecule has 0 aliphatic rings. The monoisotopic (exact) mass is 561 g/mol. The summed E-state index contributed by atoms with van der Waals surface area (Å²) in [5, 5.41) is 1.26. The smallest absolute Gasteiger partial charge is 0.164 e. The number of hydrogen-bond acceptors (Lipinski definition) is 4. The second-order valence-electron chi connectivity index (χ2n) is 9.72. The van der Waals surface area contributed by atoms with Gasteiger partial charge in [-0.25, -0.2) is 15.0 Å². The quantitative estimate of drug-likeness (QED) is 0.210. The summed E-state index contributed by atoms with van der Waals surface area (Å²) in [6.07, 6.45) is 0. The van der Waals surface area contributed by atoms with Gasteiger partial charge >= 0.3 is 0 Å². The molecule has 0 spiro atoms. The Morgan fingerprint density at radius 1 is 0.465 bits per heavy atom. The van der Waals surface area contributed by atoms with Gasteiger partial charge in [-0.15, -0.1) is 0 Å². The Morgan fingerprint density at radius 2 is 1.07 bits per heavy atom. The van der Waals surface area contributed by atoms with Crippen LogP contribution < -0.4 is 0 Å². The first-order chi connectivity index (χ1) is 25.5. The Morgan fingerprint density at radius 3 is 1.86 bits per heavy atom. The third kappa shape index (κ3) is 4.55. The fourth-order valence-electron chi connectivity index (χ4n) is 5.17. The van der Waals surface area contributed by atoms with Crippen LogP contribution in [0, 0.1) is 0 Å². The van der Waals surface area contributed by atoms with Crippen molar-refractivity contribution in [2.75, 3.05) is 0 Å². The van der Waals surface area contributed by atoms with Crippen molar-refractivity contribution in [3.05, 3.63) is 151 Å². The van der Waals surface area contributed by atoms with Crippen LogP contribution in [0.3, 0.4) is 0 Å². The number of rotatable bonds is 5. The van der Waals surface area contributed by atoms with Gasteiger partial charge < -0.3 is 4.42 Å². The number of fused-ring (bicyclic) bond motifs is 3. The molecule has 0 unspecified atom stereocenters. The average Bonchev–Trinajstić information content (AvgIpc) is 3.58. The summed E-state index contributed by atoms with van der Waals surface area (Å²) < 4.78 is 89.5. The van der Waals surface area contributed by atoms with Crippen molar-refractivity contribution in [2.24, 2.45) is 0 Å². The number of aromatic nitrogens is 3. The second kappa shape index (κ2) is 10.5. The van der Waals surface area contributed by atoms with Crippen molar-refractivity contribution in [3.63, 3.8) is 0 Å². The van der Waals surface area contributed by atoms with E-state index >= 15 is 0 Å². The fourth-order valence-corrected chi connectivity index (χ4v) is 5.17. The molecule has 2 aromatic heterocycles. The number of benzene rings is 6. The molecule has 6 aromatic carbocycles. The van der Waals surface area contributed by atoms with Gasteiger partial charge in [0.15, 0.2) is 17.5 Å². The van der Waals surface area contributed by atoms with Gasteiger partial charge in [0, 0.05) is 33.0 Å². The molecule has 202 valence electrons. The van der Waals surface area contributed by atoms with E-state index in [4.69, 9.17) is 33.1 Å². The Kier molecular flexibility index (Phi) is 4.04. The predicted octanol–water partition coefficient (Wildman–Crippen LogP) is 10.1. The zero-order valence-corrected chi connectivity index (χ0v) is 22.4. The lowest BCUT2D eigenvalue weighted by molar-refractivity contribution is 0.670. The molecular formula is C39H25N3O. The van der Waals surface area contributed by atoms with Crippen LogP contribution >= 0.6 is 0 Å². The lowest BCUT2D eigenvalue weighted by Crippen LogP contribution is -2.00. The maximum Gasteiger partial charge on any atom is 0.164 e. The highest BCUT2D eigenvalue weighted by Crippen LogP contribution is 2.40. The maximum atomic E-state index is 8.60. The van der Waals surface area contributed by atoms with Crippen LogP contribution in [0.25, 0.3) is 78.4 Å². The van der Waals surface area contributed by atoms with Crippen LogP contribution in [-0.4, -0.2) is 15.0 Å². The molecule has 0 fully saturated rings. The fraction of sp³-hybridized carbons (Fsp3) is 0. The summed E-state index contributed by atoms with van der Waals surface area (Å²) in [7, 11) is 0. The number of nitrogens with zero attached hydrogens (tertiary/aromatic N) is 3. The molecule has 4 nitrogen and oxygen atoms in total. The average molecular weight is 562 g/mol. The molecule has 8 rings (SSSR count). The van der Waals surface area contributed by atoms with E-state index in [1.54, 1.807) is 48.5 Å². The third-order valence-electron chi connectivity index (χ3n) is 7.11. The van der Waals surface area contributed by atoms with Gasteiger partial charge in [0.1, 0.15) is 11.2 Å². The molecular weight excluding hydrogens is 526 g/mol. The van der Waals surface area contributed by atoms with Crippen LogP contribution in [0.15, 0.2) is 156 Å². The molecule has 0 saturated carbocycles. The second-order valence-corrected chi connectivity index (χ2v) is 9.72. The van der Waals surface area contributed by atoms with Crippen molar-refractivity contribution in [3.8, 4) is 56.4 Å². The van der Waals surface area contributed by atoms with Crippen LogP contribution in [0.4, 0.5) is 0 Å². The van der Waals surface area contributed by atoms with Gasteiger partial charge in [0.05, 0.1) is 13.7 Å². The predicted molar refractivity (Wildman–Crippen MR) is 174 cm³/mol. The minimum atomic E-state index is -0.485. The van der Waals surface area contributed by atoms with Crippen molar-refractivity contribution in [1.29, 1.82) is 0 Å². The molecule has 8 aromatic rings. The highest BCUT2D eigenvalue weighted by Gasteiger charge is 2.19. The van der Waals surface area contributed by atoms with Gasteiger partial charge in [0.2, 0.25) is 0 Å². The Hall–Kier alpha value is -5.87. The molecule has 0 amide bonds. The van der Waals surface area contributed by atoms with E-state index in [1.165, 1.54) is 0 Å². The first-order valence-corrected chi connectivity index (χ1v) is 13.5. The van der Waals surface area contributed by atoms with Crippen molar-refractivity contribution in [1.82, 2.24) is 15.0 Å². The molecule has 2 heterocycles. The third-order valence-corrected chi connectivity index (χ3v) is 7.11. The van der Waals surface area contributed by atoms with E-state index in [0.29, 0.717) is 61.4 Å². The van der Waals surface area contributed by atoms with Gasteiger partial charge in [-0.1, -0.05) is 139 Å². The minimum Gasteiger partial charge on any atom is -0.455 e. The first kappa shape index (κ1) is 16.5. The number of hydrogen-bond donors (Lipinski definition) is 0. The standard InChI is InChI=1S/C39H25N3O/c1-4-13-26(14-5-1)29-19-10-20-30(25-29)38-40-37(28-17-8-3-9-18-28)41-39(42-38)33-23-12-24-34-35(33)32-22-11-21-31(36(32)43-34)27-15-6-2-7-16-27/h1-25H/i1D,2D,4D,5D,6D,7D,13D,14D,15D,16D. The number of para-hydroxylation sites is 1. The first-order valence-electron chi connectivity index (χ1n) is 18.5. The van der Waals surface area contributed by atoms with E-state index in [9.17, 15) is 0 Å². The van der Waals surface area contributed by atoms with E-state index in [0.717, 1.165) is 0 Å². The van der Waals surface area contributed by atoms with Gasteiger partial charge in [-0.2, -0.15) is 0 Å². The summed E-state index contributed by atoms with van der Waals surface area (Å²) in [4.78, 5) is 14.6. The summed E-state index contributed by atoms with van der Waals surface area (Å²) in [6.45, 7) is 0. The summed E-state index contributed by atoms with van der Waals surface area (Å²) in [5.74, 6) is 0.930. The molecule has 4 heteroatoms. The minimum absolute atomic E-state index is 0.0232. The lowest BCUT2D eigenvalue weighted by Gasteiger charge is -2.10. The zero-order chi connectivity index (χ0) is 37.3. The van der Waals surface area contributed by atoms with Gasteiger partial charge in [-0.3, -0.25) is 0 Å². The van der Waals surface area contributed by atoms with Crippen LogP contribution in [0.1, 0.15) is 13.7 Å². The van der Waals surface area contributed by atoms with Crippen molar-refractivity contribution >= 4 is 21.9 Å². The lowest BCUT2D eigenvalue weighted by atomic mass is 10.0. The van der Waals surface area contributed by atoms with E-state index in [1.807, 2.05) is 42.5 Å². The van der Waals surface area contributed by atoms with Crippen LogP contribution in [-0.2, 0) is 0 Å². The van der Waals surface area contributed by atoms with Crippen LogP contribution in [0.2, 0.25) is 0 Å². The molecule has 0 N–H and O–H groups in total. The SMILES string of the molecule is [2H]c1c([2H])c([2H])c(-c2cccc(-c3nc(-c4ccccc4)nc(-c4cccc5oc6c(-c7c([2H])c([2H])c([2H])c([2H])c7[2H])cccc6c45)n3)c2)c([2H])c1[2H]. The normalized spacial score (nSPS) is 14.5. The zero-order valence-electron chi connectivity index (χ0n) is 32.4. The van der Waals surface area contributed by atoms with E-state index in [-0.39, 0.29) is 41.1 Å². The molecule has 0 atom stereocenters. The number of furan rings is 1. The van der Waals surface area contributed by atoms with Crippen LogP contribution in [0.5, 0.6) is 0 Å². The molecule has 0 aliphatic carbocycles. The Balaban J connectivity index is 1.36. The van der Waals surface area contributed by atoms with Gasteiger partial charge in [0.25, 0.3) is 0 Å².